The molecule has 0 spiro atoms. The summed E-state index contributed by atoms with van der Waals surface area (Å²) in [6.07, 6.45) is 3.19. The number of carbonyl (C=O) groups excluding carboxylic acids is 1. The summed E-state index contributed by atoms with van der Waals surface area (Å²) >= 11 is 0. The van der Waals surface area contributed by atoms with Gasteiger partial charge in [0, 0.05) is 20.2 Å². The van der Waals surface area contributed by atoms with E-state index in [4.69, 9.17) is 10.5 Å². The van der Waals surface area contributed by atoms with Crippen molar-refractivity contribution in [2.24, 2.45) is 0 Å². The fourth-order valence-corrected chi connectivity index (χ4v) is 2.26. The highest BCUT2D eigenvalue weighted by atomic mass is 16.5. The quantitative estimate of drug-likeness (QED) is 0.694. The molecule has 0 saturated heterocycles. The SMILES string of the molecule is CCCCN(C(=O)COC)c1c(N)n(CCCC)c(=O)[nH]c1=O. The molecule has 0 saturated carbocycles. The van der Waals surface area contributed by atoms with Gasteiger partial charge in [0.1, 0.15) is 12.4 Å². The lowest BCUT2D eigenvalue weighted by Crippen LogP contribution is -2.42. The van der Waals surface area contributed by atoms with Crippen LogP contribution in [0.1, 0.15) is 39.5 Å². The van der Waals surface area contributed by atoms with Gasteiger partial charge < -0.3 is 15.4 Å². The van der Waals surface area contributed by atoms with Crippen LogP contribution in [0.3, 0.4) is 0 Å². The average Bonchev–Trinajstić information content (AvgIpc) is 2.50. The Morgan fingerprint density at radius 3 is 2.48 bits per heavy atom. The smallest absolute Gasteiger partial charge is 0.330 e. The lowest BCUT2D eigenvalue weighted by atomic mass is 10.2. The molecule has 0 aromatic carbocycles. The van der Waals surface area contributed by atoms with Crippen LogP contribution in [-0.2, 0) is 16.1 Å². The molecule has 0 bridgehead atoms. The van der Waals surface area contributed by atoms with Crippen LogP contribution in [0.15, 0.2) is 9.59 Å². The maximum absolute atomic E-state index is 12.3. The van der Waals surface area contributed by atoms with Crippen LogP contribution < -0.4 is 21.9 Å². The molecule has 0 aliphatic heterocycles. The van der Waals surface area contributed by atoms with Crippen molar-refractivity contribution < 1.29 is 9.53 Å². The highest BCUT2D eigenvalue weighted by Gasteiger charge is 2.23. The molecule has 1 aromatic heterocycles. The van der Waals surface area contributed by atoms with E-state index in [2.05, 4.69) is 4.98 Å². The predicted octanol–water partition coefficient (Wildman–Crippen LogP) is 0.698. The van der Waals surface area contributed by atoms with Gasteiger partial charge in [-0.1, -0.05) is 26.7 Å². The van der Waals surface area contributed by atoms with E-state index in [0.29, 0.717) is 19.5 Å². The summed E-state index contributed by atoms with van der Waals surface area (Å²) in [5.41, 5.74) is 4.86. The normalized spacial score (nSPS) is 10.7. The van der Waals surface area contributed by atoms with Crippen molar-refractivity contribution in [3.05, 3.63) is 20.8 Å². The van der Waals surface area contributed by atoms with Crippen LogP contribution in [0.25, 0.3) is 0 Å². The number of amides is 1. The molecule has 8 nitrogen and oxygen atoms in total. The van der Waals surface area contributed by atoms with Crippen molar-refractivity contribution in [2.45, 2.75) is 46.1 Å². The van der Waals surface area contributed by atoms with E-state index in [-0.39, 0.29) is 24.0 Å². The standard InChI is InChI=1S/C15H26N4O4/c1-4-6-8-18(11(20)10-23-3)12-13(16)19(9-7-5-2)15(22)17-14(12)21/h4-10,16H2,1-3H3,(H,17,21,22). The summed E-state index contributed by atoms with van der Waals surface area (Å²) < 4.78 is 6.18. The molecule has 0 aliphatic rings. The van der Waals surface area contributed by atoms with Crippen molar-refractivity contribution in [3.8, 4) is 0 Å². The van der Waals surface area contributed by atoms with Crippen molar-refractivity contribution >= 4 is 17.4 Å². The maximum Gasteiger partial charge on any atom is 0.330 e. The minimum absolute atomic E-state index is 0.0211. The van der Waals surface area contributed by atoms with Crippen LogP contribution >= 0.6 is 0 Å². The first-order valence-electron chi connectivity index (χ1n) is 7.89. The summed E-state index contributed by atoms with van der Waals surface area (Å²) in [5, 5.41) is 0. The molecule has 23 heavy (non-hydrogen) atoms. The topological polar surface area (TPSA) is 110 Å². The van der Waals surface area contributed by atoms with Gasteiger partial charge in [0.2, 0.25) is 0 Å². The summed E-state index contributed by atoms with van der Waals surface area (Å²) in [7, 11) is 1.41. The fraction of sp³-hybridized carbons (Fsp3) is 0.667. The third kappa shape index (κ3) is 4.69. The number of nitrogens with zero attached hydrogens (tertiary/aromatic N) is 2. The van der Waals surface area contributed by atoms with E-state index in [9.17, 15) is 14.4 Å². The molecule has 3 N–H and O–H groups in total. The Labute approximate surface area is 135 Å². The number of anilines is 2. The monoisotopic (exact) mass is 326 g/mol. The first kappa shape index (κ1) is 19.0. The third-order valence-corrected chi connectivity index (χ3v) is 3.52. The molecule has 0 fully saturated rings. The number of nitrogen functional groups attached to an aromatic ring is 1. The van der Waals surface area contributed by atoms with Gasteiger partial charge in [0.05, 0.1) is 0 Å². The first-order chi connectivity index (χ1) is 11.0. The maximum atomic E-state index is 12.3. The van der Waals surface area contributed by atoms with Crippen LogP contribution in [0.2, 0.25) is 0 Å². The van der Waals surface area contributed by atoms with Crippen molar-refractivity contribution in [1.29, 1.82) is 0 Å². The molecule has 0 aliphatic carbocycles. The van der Waals surface area contributed by atoms with Crippen LogP contribution in [0.5, 0.6) is 0 Å². The predicted molar refractivity (Wildman–Crippen MR) is 89.8 cm³/mol. The molecule has 8 heteroatoms. The Morgan fingerprint density at radius 2 is 1.91 bits per heavy atom. The molecule has 0 unspecified atom stereocenters. The Hall–Kier alpha value is -2.09. The highest BCUT2D eigenvalue weighted by molar-refractivity contribution is 5.96. The zero-order chi connectivity index (χ0) is 17.4. The number of carbonyl (C=O) groups is 1. The molecule has 1 amide bonds. The Balaban J connectivity index is 3.36. The minimum Gasteiger partial charge on any atom is -0.383 e. The van der Waals surface area contributed by atoms with Gasteiger partial charge in [-0.3, -0.25) is 19.1 Å². The number of ether oxygens (including phenoxy) is 1. The number of unbranched alkanes of at least 4 members (excludes halogenated alkanes) is 2. The molecule has 1 aromatic rings. The summed E-state index contributed by atoms with van der Waals surface area (Å²) in [6.45, 7) is 4.55. The zero-order valence-corrected chi connectivity index (χ0v) is 14.1. The second kappa shape index (κ2) is 9.14. The fourth-order valence-electron chi connectivity index (χ4n) is 2.26. The summed E-state index contributed by atoms with van der Waals surface area (Å²) in [5.74, 6) is -0.341. The van der Waals surface area contributed by atoms with Crippen molar-refractivity contribution in [3.63, 3.8) is 0 Å². The molecule has 130 valence electrons. The third-order valence-electron chi connectivity index (χ3n) is 3.52. The van der Waals surface area contributed by atoms with Crippen LogP contribution in [0.4, 0.5) is 11.5 Å². The molecule has 0 atom stereocenters. The summed E-state index contributed by atoms with van der Waals surface area (Å²) in [4.78, 5) is 40.0. The van der Waals surface area contributed by atoms with Gasteiger partial charge in [-0.05, 0) is 12.8 Å². The van der Waals surface area contributed by atoms with Crippen LogP contribution in [-0.4, -0.2) is 35.7 Å². The number of hydrogen-bond acceptors (Lipinski definition) is 5. The van der Waals surface area contributed by atoms with E-state index in [1.54, 1.807) is 0 Å². The molecule has 1 heterocycles. The molecular formula is C15H26N4O4. The largest absolute Gasteiger partial charge is 0.383 e. The lowest BCUT2D eigenvalue weighted by molar-refractivity contribution is -0.122. The van der Waals surface area contributed by atoms with E-state index < -0.39 is 11.2 Å². The van der Waals surface area contributed by atoms with Gasteiger partial charge in [0.25, 0.3) is 11.5 Å². The Kier molecular flexibility index (Phi) is 7.53. The zero-order valence-electron chi connectivity index (χ0n) is 14.1. The minimum atomic E-state index is -0.652. The number of H-pyrrole nitrogens is 1. The van der Waals surface area contributed by atoms with Crippen molar-refractivity contribution in [1.82, 2.24) is 9.55 Å². The van der Waals surface area contributed by atoms with Gasteiger partial charge in [-0.25, -0.2) is 4.79 Å². The number of nitrogens with two attached hydrogens (primary N) is 1. The number of hydrogen-bond donors (Lipinski definition) is 2. The van der Waals surface area contributed by atoms with E-state index in [0.717, 1.165) is 19.3 Å². The number of aromatic nitrogens is 2. The van der Waals surface area contributed by atoms with E-state index in [1.165, 1.54) is 16.6 Å². The van der Waals surface area contributed by atoms with Crippen molar-refractivity contribution in [2.75, 3.05) is 30.9 Å². The van der Waals surface area contributed by atoms with Gasteiger partial charge >= 0.3 is 5.69 Å². The van der Waals surface area contributed by atoms with E-state index >= 15 is 0 Å². The lowest BCUT2D eigenvalue weighted by Gasteiger charge is -2.24. The summed E-state index contributed by atoms with van der Waals surface area (Å²) in [6, 6.07) is 0. The second-order valence-corrected chi connectivity index (χ2v) is 5.33. The molecule has 0 radical (unpaired) electrons. The average molecular weight is 326 g/mol. The number of nitrogens with one attached hydrogen (secondary N) is 1. The second-order valence-electron chi connectivity index (χ2n) is 5.33. The number of rotatable bonds is 9. The Bertz CT molecular complexity index is 635. The Morgan fingerprint density at radius 1 is 1.26 bits per heavy atom. The first-order valence-corrected chi connectivity index (χ1v) is 7.89. The van der Waals surface area contributed by atoms with E-state index in [1.807, 2.05) is 13.8 Å². The van der Waals surface area contributed by atoms with Gasteiger partial charge in [0.15, 0.2) is 5.69 Å². The number of methoxy groups -OCH3 is 1. The van der Waals surface area contributed by atoms with Crippen LogP contribution in [0, 0.1) is 0 Å². The molecule has 1 rings (SSSR count). The van der Waals surface area contributed by atoms with Gasteiger partial charge in [-0.2, -0.15) is 0 Å². The van der Waals surface area contributed by atoms with Gasteiger partial charge in [-0.15, -0.1) is 0 Å². The highest BCUT2D eigenvalue weighted by Crippen LogP contribution is 2.18. The number of aromatic amines is 1. The molecular weight excluding hydrogens is 300 g/mol.